The summed E-state index contributed by atoms with van der Waals surface area (Å²) >= 11 is 6.11. The Hall–Kier alpha value is -2.66. The fraction of sp³-hybridized carbons (Fsp3) is 0.423. The van der Waals surface area contributed by atoms with Crippen LogP contribution in [0.2, 0.25) is 5.02 Å². The van der Waals surface area contributed by atoms with Gasteiger partial charge in [-0.1, -0.05) is 55.7 Å². The van der Waals surface area contributed by atoms with Crippen LogP contribution < -0.4 is 5.32 Å². The summed E-state index contributed by atoms with van der Waals surface area (Å²) in [7, 11) is 0. The predicted molar refractivity (Wildman–Crippen MR) is 127 cm³/mol. The van der Waals surface area contributed by atoms with E-state index in [9.17, 15) is 9.59 Å². The highest BCUT2D eigenvalue weighted by molar-refractivity contribution is 6.33. The number of carbonyl (C=O) groups excluding carboxylic acids is 2. The number of amides is 1. The highest BCUT2D eigenvalue weighted by atomic mass is 35.5. The fourth-order valence-corrected chi connectivity index (χ4v) is 5.81. The van der Waals surface area contributed by atoms with E-state index >= 15 is 0 Å². The Balaban J connectivity index is 1.61. The van der Waals surface area contributed by atoms with Gasteiger partial charge in [-0.05, 0) is 67.5 Å². The van der Waals surface area contributed by atoms with Gasteiger partial charge in [-0.15, -0.1) is 0 Å². The number of fused-ring (bicyclic) bond motifs is 2. The fourth-order valence-electron chi connectivity index (χ4n) is 5.59. The van der Waals surface area contributed by atoms with E-state index in [1.807, 2.05) is 26.0 Å². The average Bonchev–Trinajstić information content (AvgIpc) is 3.02. The van der Waals surface area contributed by atoms with Crippen molar-refractivity contribution in [2.75, 3.05) is 5.32 Å². The molecule has 2 aliphatic carbocycles. The second kappa shape index (κ2) is 7.73. The molecule has 2 fully saturated rings. The Labute approximate surface area is 194 Å². The molecule has 2 bridgehead atoms. The van der Waals surface area contributed by atoms with Crippen molar-refractivity contribution in [3.63, 3.8) is 0 Å². The lowest BCUT2D eigenvalue weighted by atomic mass is 9.64. The van der Waals surface area contributed by atoms with Crippen LogP contribution >= 0.6 is 11.6 Å². The second-order valence-electron chi connectivity index (χ2n) is 9.94. The molecule has 2 saturated carbocycles. The molecule has 1 N–H and O–H groups in total. The number of oxime groups is 1. The molecule has 168 valence electrons. The summed E-state index contributed by atoms with van der Waals surface area (Å²) in [5.74, 6) is -0.597. The van der Waals surface area contributed by atoms with Crippen LogP contribution in [0.3, 0.4) is 0 Å². The van der Waals surface area contributed by atoms with E-state index < -0.39 is 11.4 Å². The lowest BCUT2D eigenvalue weighted by molar-refractivity contribution is -0.130. The quantitative estimate of drug-likeness (QED) is 0.435. The summed E-state index contributed by atoms with van der Waals surface area (Å²) in [4.78, 5) is 31.5. The highest BCUT2D eigenvalue weighted by Crippen LogP contribution is 2.71. The molecule has 2 aromatic carbocycles. The maximum absolute atomic E-state index is 13.6. The highest BCUT2D eigenvalue weighted by Gasteiger charge is 2.71. The van der Waals surface area contributed by atoms with Crippen LogP contribution in [0.15, 0.2) is 47.6 Å². The minimum atomic E-state index is -0.616. The lowest BCUT2D eigenvalue weighted by Crippen LogP contribution is -2.43. The van der Waals surface area contributed by atoms with Gasteiger partial charge in [0.1, 0.15) is 0 Å². The molecule has 4 rings (SSSR count). The summed E-state index contributed by atoms with van der Waals surface area (Å²) in [6.07, 6.45) is 2.04. The van der Waals surface area contributed by atoms with Gasteiger partial charge in [0.2, 0.25) is 5.91 Å². The predicted octanol–water partition coefficient (Wildman–Crippen LogP) is 6.32. The number of halogens is 1. The Morgan fingerprint density at radius 2 is 1.69 bits per heavy atom. The first-order chi connectivity index (χ1) is 15.0. The molecule has 0 aliphatic heterocycles. The molecule has 2 aliphatic rings. The van der Waals surface area contributed by atoms with Crippen LogP contribution in [0.25, 0.3) is 0 Å². The molecule has 0 radical (unpaired) electrons. The third-order valence-electron chi connectivity index (χ3n) is 7.98. The van der Waals surface area contributed by atoms with Gasteiger partial charge in [0.15, 0.2) is 0 Å². The van der Waals surface area contributed by atoms with Gasteiger partial charge in [0.25, 0.3) is 0 Å². The molecule has 0 spiro atoms. The number of nitrogens with one attached hydrogen (secondary N) is 1. The number of hydrogen-bond acceptors (Lipinski definition) is 4. The summed E-state index contributed by atoms with van der Waals surface area (Å²) in [5, 5.41) is 7.76. The van der Waals surface area contributed by atoms with E-state index in [0.717, 1.165) is 35.4 Å². The molecule has 0 aromatic heterocycles. The summed E-state index contributed by atoms with van der Waals surface area (Å²) in [6, 6.07) is 12.8. The molecule has 0 saturated heterocycles. The summed E-state index contributed by atoms with van der Waals surface area (Å²) < 4.78 is 0. The first kappa shape index (κ1) is 22.5. The minimum absolute atomic E-state index is 0.00106. The SMILES string of the molecule is Cc1cc(C)cc(NC(=O)C23CCC(C)(/C(=N\OC(=O)c4ccccc4Cl)C2)C3(C)C)c1. The molecule has 1 amide bonds. The van der Waals surface area contributed by atoms with Gasteiger partial charge >= 0.3 is 5.97 Å². The standard InChI is InChI=1S/C26H29ClN2O3/c1-16-12-17(2)14-18(13-16)28-23(31)26-11-10-25(5,24(26,3)4)21(15-26)29-32-22(30)19-8-6-7-9-20(19)27/h6-9,12-14H,10-11,15H2,1-5H3,(H,28,31)/b29-21-. The molecule has 2 atom stereocenters. The monoisotopic (exact) mass is 452 g/mol. The molecule has 5 nitrogen and oxygen atoms in total. The van der Waals surface area contributed by atoms with Crippen LogP contribution in [0.4, 0.5) is 5.69 Å². The molecule has 2 aromatic rings. The summed E-state index contributed by atoms with van der Waals surface area (Å²) in [6.45, 7) is 10.4. The third-order valence-corrected chi connectivity index (χ3v) is 8.31. The maximum atomic E-state index is 13.6. The normalized spacial score (nSPS) is 26.9. The van der Waals surface area contributed by atoms with Gasteiger partial charge < -0.3 is 10.2 Å². The van der Waals surface area contributed by atoms with E-state index in [2.05, 4.69) is 37.3 Å². The van der Waals surface area contributed by atoms with Crippen molar-refractivity contribution in [1.82, 2.24) is 0 Å². The smallest absolute Gasteiger partial charge is 0.326 e. The minimum Gasteiger partial charge on any atom is -0.326 e. The number of nitrogens with zero attached hydrogens (tertiary/aromatic N) is 1. The van der Waals surface area contributed by atoms with E-state index in [4.69, 9.17) is 16.4 Å². The van der Waals surface area contributed by atoms with E-state index in [1.165, 1.54) is 0 Å². The van der Waals surface area contributed by atoms with Gasteiger partial charge in [-0.2, -0.15) is 0 Å². The van der Waals surface area contributed by atoms with Crippen LogP contribution in [0.1, 0.15) is 61.5 Å². The van der Waals surface area contributed by atoms with Crippen molar-refractivity contribution in [1.29, 1.82) is 0 Å². The van der Waals surface area contributed by atoms with Crippen molar-refractivity contribution in [3.8, 4) is 0 Å². The van der Waals surface area contributed by atoms with Crippen molar-refractivity contribution in [2.24, 2.45) is 21.4 Å². The van der Waals surface area contributed by atoms with Crippen molar-refractivity contribution in [3.05, 3.63) is 64.2 Å². The van der Waals surface area contributed by atoms with Gasteiger partial charge in [0, 0.05) is 17.5 Å². The zero-order chi connectivity index (χ0) is 23.3. The van der Waals surface area contributed by atoms with Gasteiger partial charge in [-0.25, -0.2) is 4.79 Å². The molecular formula is C26H29ClN2O3. The van der Waals surface area contributed by atoms with Crippen LogP contribution in [-0.2, 0) is 9.63 Å². The topological polar surface area (TPSA) is 67.8 Å². The van der Waals surface area contributed by atoms with Crippen LogP contribution in [0.5, 0.6) is 0 Å². The van der Waals surface area contributed by atoms with Crippen molar-refractivity contribution < 1.29 is 14.4 Å². The number of aryl methyl sites for hydroxylation is 2. The number of rotatable bonds is 4. The first-order valence-electron chi connectivity index (χ1n) is 10.9. The number of hydrogen-bond donors (Lipinski definition) is 1. The van der Waals surface area contributed by atoms with Gasteiger partial charge in [-0.3, -0.25) is 4.79 Å². The Morgan fingerprint density at radius 1 is 1.03 bits per heavy atom. The van der Waals surface area contributed by atoms with E-state index in [-0.39, 0.29) is 22.3 Å². The van der Waals surface area contributed by atoms with Crippen molar-refractivity contribution >= 4 is 34.9 Å². The third kappa shape index (κ3) is 3.34. The Kier molecular flexibility index (Phi) is 5.44. The maximum Gasteiger partial charge on any atom is 0.367 e. The zero-order valence-corrected chi connectivity index (χ0v) is 20.0. The Bertz CT molecular complexity index is 1120. The molecule has 2 unspecified atom stereocenters. The number of carbonyl (C=O) groups is 2. The molecule has 0 heterocycles. The summed E-state index contributed by atoms with van der Waals surface area (Å²) in [5.41, 5.74) is 2.74. The Morgan fingerprint density at radius 3 is 2.34 bits per heavy atom. The van der Waals surface area contributed by atoms with E-state index in [0.29, 0.717) is 11.4 Å². The molecule has 6 heteroatoms. The number of anilines is 1. The number of benzene rings is 2. The zero-order valence-electron chi connectivity index (χ0n) is 19.2. The molecular weight excluding hydrogens is 424 g/mol. The largest absolute Gasteiger partial charge is 0.367 e. The van der Waals surface area contributed by atoms with Crippen LogP contribution in [0, 0.1) is 30.1 Å². The van der Waals surface area contributed by atoms with Crippen LogP contribution in [-0.4, -0.2) is 17.6 Å². The van der Waals surface area contributed by atoms with Crippen molar-refractivity contribution in [2.45, 2.75) is 53.9 Å². The van der Waals surface area contributed by atoms with E-state index in [1.54, 1.807) is 24.3 Å². The average molecular weight is 453 g/mol. The second-order valence-corrected chi connectivity index (χ2v) is 10.4. The lowest BCUT2D eigenvalue weighted by Gasteiger charge is -2.39. The molecule has 32 heavy (non-hydrogen) atoms. The van der Waals surface area contributed by atoms with Gasteiger partial charge in [0.05, 0.1) is 21.7 Å². The first-order valence-corrected chi connectivity index (χ1v) is 11.3.